The summed E-state index contributed by atoms with van der Waals surface area (Å²) in [6, 6.07) is 10.7. The van der Waals surface area contributed by atoms with E-state index in [1.807, 2.05) is 12.1 Å². The first-order valence-electron chi connectivity index (χ1n) is 6.62. The van der Waals surface area contributed by atoms with E-state index in [9.17, 15) is 8.78 Å². The molecule has 0 radical (unpaired) electrons. The van der Waals surface area contributed by atoms with Gasteiger partial charge in [-0.25, -0.2) is 13.8 Å². The highest BCUT2D eigenvalue weighted by Crippen LogP contribution is 2.22. The van der Waals surface area contributed by atoms with Crippen LogP contribution in [0.4, 0.5) is 8.78 Å². The first kappa shape index (κ1) is 14.6. The summed E-state index contributed by atoms with van der Waals surface area (Å²) in [5.41, 5.74) is 2.72. The van der Waals surface area contributed by atoms with Gasteiger partial charge in [0, 0.05) is 30.4 Å². The second-order valence-electron chi connectivity index (χ2n) is 4.84. The number of hydrogen-bond acceptors (Lipinski definition) is 2. The summed E-state index contributed by atoms with van der Waals surface area (Å²) < 4.78 is 26.6. The Labute approximate surface area is 131 Å². The summed E-state index contributed by atoms with van der Waals surface area (Å²) in [6.45, 7) is 0. The van der Waals surface area contributed by atoms with Crippen LogP contribution >= 0.6 is 11.6 Å². The van der Waals surface area contributed by atoms with Gasteiger partial charge in [-0.15, -0.1) is 0 Å². The molecule has 0 saturated heterocycles. The van der Waals surface area contributed by atoms with E-state index in [0.717, 1.165) is 17.2 Å². The van der Waals surface area contributed by atoms with Crippen LogP contribution in [0.25, 0.3) is 11.3 Å². The fraction of sp³-hybridized carbons (Fsp3) is 0.0588. The highest BCUT2D eigenvalue weighted by molar-refractivity contribution is 6.29. The fourth-order valence-corrected chi connectivity index (χ4v) is 2.24. The van der Waals surface area contributed by atoms with Crippen LogP contribution in [0.2, 0.25) is 5.15 Å². The lowest BCUT2D eigenvalue weighted by molar-refractivity contribution is 0.585. The predicted molar refractivity (Wildman–Crippen MR) is 81.6 cm³/mol. The molecule has 5 heteroatoms. The topological polar surface area (TPSA) is 25.8 Å². The zero-order valence-electron chi connectivity index (χ0n) is 11.4. The number of aromatic nitrogens is 2. The van der Waals surface area contributed by atoms with Gasteiger partial charge in [0.25, 0.3) is 0 Å². The average Bonchev–Trinajstić information content (AvgIpc) is 2.51. The Morgan fingerprint density at radius 3 is 2.18 bits per heavy atom. The van der Waals surface area contributed by atoms with Crippen molar-refractivity contribution in [2.45, 2.75) is 6.42 Å². The molecule has 1 aromatic carbocycles. The van der Waals surface area contributed by atoms with Crippen LogP contribution in [-0.2, 0) is 6.42 Å². The van der Waals surface area contributed by atoms with Crippen molar-refractivity contribution in [3.8, 4) is 11.3 Å². The van der Waals surface area contributed by atoms with Crippen molar-refractivity contribution >= 4 is 11.6 Å². The van der Waals surface area contributed by atoms with Crippen molar-refractivity contribution in [3.05, 3.63) is 82.8 Å². The number of nitrogens with zero attached hydrogens (tertiary/aromatic N) is 2. The lowest BCUT2D eigenvalue weighted by Gasteiger charge is -2.05. The van der Waals surface area contributed by atoms with Crippen LogP contribution in [0.15, 0.2) is 54.9 Å². The third kappa shape index (κ3) is 3.28. The van der Waals surface area contributed by atoms with Gasteiger partial charge < -0.3 is 0 Å². The van der Waals surface area contributed by atoms with Gasteiger partial charge in [0.2, 0.25) is 0 Å². The van der Waals surface area contributed by atoms with Gasteiger partial charge in [-0.2, -0.15) is 0 Å². The lowest BCUT2D eigenvalue weighted by Crippen LogP contribution is -1.93. The van der Waals surface area contributed by atoms with Gasteiger partial charge in [-0.05, 0) is 35.4 Å². The minimum absolute atomic E-state index is 0.279. The van der Waals surface area contributed by atoms with E-state index < -0.39 is 11.6 Å². The third-order valence-corrected chi connectivity index (χ3v) is 3.45. The maximum Gasteiger partial charge on any atom is 0.135 e. The molecule has 0 aliphatic carbocycles. The molecule has 0 fully saturated rings. The molecule has 2 aromatic heterocycles. The zero-order chi connectivity index (χ0) is 15.5. The van der Waals surface area contributed by atoms with Crippen molar-refractivity contribution in [2.24, 2.45) is 0 Å². The van der Waals surface area contributed by atoms with Crippen molar-refractivity contribution in [2.75, 3.05) is 0 Å². The van der Waals surface area contributed by atoms with E-state index in [2.05, 4.69) is 9.97 Å². The molecule has 110 valence electrons. The Kier molecular flexibility index (Phi) is 4.11. The fourth-order valence-electron chi connectivity index (χ4n) is 2.13. The number of hydrogen-bond donors (Lipinski definition) is 0. The summed E-state index contributed by atoms with van der Waals surface area (Å²) >= 11 is 5.74. The van der Waals surface area contributed by atoms with Gasteiger partial charge >= 0.3 is 0 Å². The number of pyridine rings is 2. The van der Waals surface area contributed by atoms with E-state index in [-0.39, 0.29) is 5.56 Å². The van der Waals surface area contributed by atoms with Crippen LogP contribution in [0.1, 0.15) is 11.1 Å². The minimum Gasteiger partial charge on any atom is -0.256 e. The molecular formula is C17H11ClF2N2. The first-order chi connectivity index (χ1) is 10.6. The molecule has 22 heavy (non-hydrogen) atoms. The maximum atomic E-state index is 13.7. The van der Waals surface area contributed by atoms with Crippen molar-refractivity contribution in [3.63, 3.8) is 0 Å². The normalized spacial score (nSPS) is 10.7. The number of rotatable bonds is 3. The lowest BCUT2D eigenvalue weighted by atomic mass is 10.1. The second-order valence-corrected chi connectivity index (χ2v) is 5.23. The number of halogens is 3. The van der Waals surface area contributed by atoms with Gasteiger partial charge in [-0.3, -0.25) is 4.98 Å². The monoisotopic (exact) mass is 316 g/mol. The molecule has 0 aliphatic rings. The molecule has 3 rings (SSSR count). The average molecular weight is 317 g/mol. The molecular weight excluding hydrogens is 306 g/mol. The quantitative estimate of drug-likeness (QED) is 0.656. The van der Waals surface area contributed by atoms with Gasteiger partial charge in [0.05, 0.1) is 5.69 Å². The zero-order valence-corrected chi connectivity index (χ0v) is 12.2. The van der Waals surface area contributed by atoms with Crippen LogP contribution in [0.3, 0.4) is 0 Å². The highest BCUT2D eigenvalue weighted by Gasteiger charge is 2.08. The Bertz CT molecular complexity index is 787. The molecule has 0 spiro atoms. The van der Waals surface area contributed by atoms with E-state index >= 15 is 0 Å². The maximum absolute atomic E-state index is 13.7. The molecule has 0 saturated carbocycles. The summed E-state index contributed by atoms with van der Waals surface area (Å²) in [6.07, 6.45) is 4.03. The summed E-state index contributed by atoms with van der Waals surface area (Å²) in [4.78, 5) is 8.26. The molecule has 2 nitrogen and oxygen atoms in total. The summed E-state index contributed by atoms with van der Waals surface area (Å²) in [5.74, 6) is -1.23. The van der Waals surface area contributed by atoms with Crippen LogP contribution in [0.5, 0.6) is 0 Å². The number of benzene rings is 1. The van der Waals surface area contributed by atoms with E-state index in [1.54, 1.807) is 24.5 Å². The van der Waals surface area contributed by atoms with Gasteiger partial charge in [0.1, 0.15) is 16.8 Å². The van der Waals surface area contributed by atoms with E-state index in [4.69, 9.17) is 11.6 Å². The van der Waals surface area contributed by atoms with Crippen molar-refractivity contribution in [1.82, 2.24) is 9.97 Å². The largest absolute Gasteiger partial charge is 0.256 e. The van der Waals surface area contributed by atoms with Gasteiger partial charge in [0.15, 0.2) is 0 Å². The van der Waals surface area contributed by atoms with Crippen LogP contribution in [-0.4, -0.2) is 9.97 Å². The predicted octanol–water partition coefficient (Wildman–Crippen LogP) is 4.67. The molecule has 0 N–H and O–H groups in total. The van der Waals surface area contributed by atoms with E-state index in [0.29, 0.717) is 17.3 Å². The molecule has 0 aliphatic heterocycles. The third-order valence-electron chi connectivity index (χ3n) is 3.23. The Hall–Kier alpha value is -2.33. The molecule has 0 bridgehead atoms. The summed E-state index contributed by atoms with van der Waals surface area (Å²) in [7, 11) is 0. The first-order valence-corrected chi connectivity index (χ1v) is 7.00. The van der Waals surface area contributed by atoms with Crippen molar-refractivity contribution < 1.29 is 8.78 Å². The SMILES string of the molecule is Fc1ccc(-c2ccc(Cc3ccc(Cl)nc3)cn2)c(F)c1. The molecule has 3 aromatic rings. The minimum atomic E-state index is -0.623. The smallest absolute Gasteiger partial charge is 0.135 e. The molecule has 0 amide bonds. The molecule has 0 atom stereocenters. The van der Waals surface area contributed by atoms with Gasteiger partial charge in [-0.1, -0.05) is 23.7 Å². The molecule has 2 heterocycles. The highest BCUT2D eigenvalue weighted by atomic mass is 35.5. The Balaban J connectivity index is 1.81. The summed E-state index contributed by atoms with van der Waals surface area (Å²) in [5, 5.41) is 0.448. The van der Waals surface area contributed by atoms with Crippen LogP contribution < -0.4 is 0 Å². The standard InChI is InChI=1S/C17H11ClF2N2/c18-17-6-2-12(10-22-17)7-11-1-5-16(21-9-11)14-4-3-13(19)8-15(14)20/h1-6,8-10H,7H2. The van der Waals surface area contributed by atoms with Crippen LogP contribution in [0, 0.1) is 11.6 Å². The Morgan fingerprint density at radius 2 is 1.59 bits per heavy atom. The second kappa shape index (κ2) is 6.20. The Morgan fingerprint density at radius 1 is 0.864 bits per heavy atom. The molecule has 0 unspecified atom stereocenters. The van der Waals surface area contributed by atoms with E-state index in [1.165, 1.54) is 12.1 Å². The van der Waals surface area contributed by atoms with Crippen molar-refractivity contribution in [1.29, 1.82) is 0 Å².